The van der Waals surface area contributed by atoms with Crippen LogP contribution in [0.25, 0.3) is 11.1 Å². The minimum atomic E-state index is -0.965. The average molecular weight is 324 g/mol. The standard InChI is InChI=1S/C19H21BO4/c1-18(2)19(3,4)24-20(23-18)16-12-14(17(21)22)10-11-15(16)13-8-6-5-7-9-13/h5-12H,1-4H3,(H,21,22). The molecule has 0 radical (unpaired) electrons. The molecule has 24 heavy (non-hydrogen) atoms. The third-order valence-corrected chi connectivity index (χ3v) is 4.89. The van der Waals surface area contributed by atoms with Crippen LogP contribution in [0.15, 0.2) is 48.5 Å². The van der Waals surface area contributed by atoms with Crippen LogP contribution in [0.2, 0.25) is 0 Å². The summed E-state index contributed by atoms with van der Waals surface area (Å²) in [7, 11) is -0.607. The molecule has 1 saturated heterocycles. The van der Waals surface area contributed by atoms with Gasteiger partial charge >= 0.3 is 13.1 Å². The van der Waals surface area contributed by atoms with Crippen molar-refractivity contribution in [1.82, 2.24) is 0 Å². The normalized spacial score (nSPS) is 18.6. The number of carboxylic acids is 1. The van der Waals surface area contributed by atoms with E-state index in [2.05, 4.69) is 0 Å². The number of aromatic carboxylic acids is 1. The van der Waals surface area contributed by atoms with Crippen LogP contribution in [-0.4, -0.2) is 29.4 Å². The lowest BCUT2D eigenvalue weighted by Gasteiger charge is -2.32. The summed E-state index contributed by atoms with van der Waals surface area (Å²) in [4.78, 5) is 11.4. The molecule has 0 aromatic heterocycles. The molecule has 124 valence electrons. The van der Waals surface area contributed by atoms with Crippen LogP contribution in [0.3, 0.4) is 0 Å². The van der Waals surface area contributed by atoms with Crippen molar-refractivity contribution in [2.75, 3.05) is 0 Å². The molecule has 2 aromatic carbocycles. The molecule has 4 nitrogen and oxygen atoms in total. The Labute approximate surface area is 142 Å². The third kappa shape index (κ3) is 2.85. The minimum absolute atomic E-state index is 0.222. The zero-order valence-electron chi connectivity index (χ0n) is 14.4. The van der Waals surface area contributed by atoms with E-state index in [1.165, 1.54) is 0 Å². The Morgan fingerprint density at radius 3 is 2.08 bits per heavy atom. The number of hydrogen-bond acceptors (Lipinski definition) is 3. The Hall–Kier alpha value is -2.11. The quantitative estimate of drug-likeness (QED) is 0.880. The minimum Gasteiger partial charge on any atom is -0.478 e. The maximum Gasteiger partial charge on any atom is 0.495 e. The maximum atomic E-state index is 11.4. The molecular formula is C19H21BO4. The van der Waals surface area contributed by atoms with Crippen molar-refractivity contribution in [3.63, 3.8) is 0 Å². The maximum absolute atomic E-state index is 11.4. The number of rotatable bonds is 3. The molecule has 5 heteroatoms. The van der Waals surface area contributed by atoms with Gasteiger partial charge in [-0.15, -0.1) is 0 Å². The SMILES string of the molecule is CC1(C)OB(c2cc(C(=O)O)ccc2-c2ccccc2)OC1(C)C. The van der Waals surface area contributed by atoms with E-state index in [1.54, 1.807) is 12.1 Å². The Kier molecular flexibility index (Phi) is 4.02. The molecule has 1 aliphatic heterocycles. The topological polar surface area (TPSA) is 55.8 Å². The van der Waals surface area contributed by atoms with Crippen molar-refractivity contribution >= 4 is 18.6 Å². The monoisotopic (exact) mass is 324 g/mol. The van der Waals surface area contributed by atoms with E-state index in [0.29, 0.717) is 0 Å². The highest BCUT2D eigenvalue weighted by molar-refractivity contribution is 6.64. The summed E-state index contributed by atoms with van der Waals surface area (Å²) in [6, 6.07) is 14.9. The second kappa shape index (κ2) is 5.76. The molecule has 0 spiro atoms. The molecule has 1 aliphatic rings. The molecule has 0 atom stereocenters. The first-order valence-electron chi connectivity index (χ1n) is 7.99. The van der Waals surface area contributed by atoms with Gasteiger partial charge in [0.2, 0.25) is 0 Å². The fourth-order valence-corrected chi connectivity index (χ4v) is 2.74. The fraction of sp³-hybridized carbons (Fsp3) is 0.316. The summed E-state index contributed by atoms with van der Waals surface area (Å²) < 4.78 is 12.3. The van der Waals surface area contributed by atoms with Gasteiger partial charge in [0.1, 0.15) is 0 Å². The number of carboxylic acid groups (broad SMARTS) is 1. The molecule has 3 rings (SSSR count). The second-order valence-electron chi connectivity index (χ2n) is 7.06. The van der Waals surface area contributed by atoms with Crippen molar-refractivity contribution in [2.24, 2.45) is 0 Å². The lowest BCUT2D eigenvalue weighted by Crippen LogP contribution is -2.41. The van der Waals surface area contributed by atoms with Crippen molar-refractivity contribution in [2.45, 2.75) is 38.9 Å². The summed E-state index contributed by atoms with van der Waals surface area (Å²) in [5.41, 5.74) is 1.91. The smallest absolute Gasteiger partial charge is 0.478 e. The van der Waals surface area contributed by atoms with Gasteiger partial charge in [-0.3, -0.25) is 0 Å². The zero-order chi connectivity index (χ0) is 17.5. The molecule has 1 fully saturated rings. The molecule has 1 heterocycles. The molecule has 1 N–H and O–H groups in total. The molecule has 0 aliphatic carbocycles. The summed E-state index contributed by atoms with van der Waals surface area (Å²) in [6.07, 6.45) is 0. The highest BCUT2D eigenvalue weighted by atomic mass is 16.7. The Morgan fingerprint density at radius 1 is 0.958 bits per heavy atom. The highest BCUT2D eigenvalue weighted by Crippen LogP contribution is 2.37. The molecule has 0 bridgehead atoms. The van der Waals surface area contributed by atoms with Crippen LogP contribution in [0.1, 0.15) is 38.1 Å². The molecule has 0 amide bonds. The summed E-state index contributed by atoms with van der Waals surface area (Å²) >= 11 is 0. The number of carbonyl (C=O) groups is 1. The summed E-state index contributed by atoms with van der Waals surface area (Å²) in [5, 5.41) is 9.34. The van der Waals surface area contributed by atoms with Crippen molar-refractivity contribution in [3.05, 3.63) is 54.1 Å². The fourth-order valence-electron chi connectivity index (χ4n) is 2.74. The number of hydrogen-bond donors (Lipinski definition) is 1. The van der Waals surface area contributed by atoms with Gasteiger partial charge in [-0.1, -0.05) is 36.4 Å². The lowest BCUT2D eigenvalue weighted by atomic mass is 9.73. The van der Waals surface area contributed by atoms with Gasteiger partial charge in [-0.05, 0) is 56.4 Å². The summed E-state index contributed by atoms with van der Waals surface area (Å²) in [6.45, 7) is 7.93. The van der Waals surface area contributed by atoms with Gasteiger partial charge in [-0.25, -0.2) is 4.79 Å². The predicted molar refractivity (Wildman–Crippen MR) is 94.6 cm³/mol. The first-order chi connectivity index (χ1) is 11.2. The molecule has 0 unspecified atom stereocenters. The Morgan fingerprint density at radius 2 is 1.54 bits per heavy atom. The van der Waals surface area contributed by atoms with Crippen molar-refractivity contribution in [3.8, 4) is 11.1 Å². The van der Waals surface area contributed by atoms with Crippen LogP contribution < -0.4 is 5.46 Å². The first kappa shape index (κ1) is 16.7. The van der Waals surface area contributed by atoms with E-state index in [-0.39, 0.29) is 5.56 Å². The van der Waals surface area contributed by atoms with Crippen LogP contribution in [0, 0.1) is 0 Å². The van der Waals surface area contributed by atoms with Crippen LogP contribution in [0.4, 0.5) is 0 Å². The van der Waals surface area contributed by atoms with Crippen molar-refractivity contribution in [1.29, 1.82) is 0 Å². The molecular weight excluding hydrogens is 303 g/mol. The van der Waals surface area contributed by atoms with E-state index >= 15 is 0 Å². The Bertz CT molecular complexity index is 752. The van der Waals surface area contributed by atoms with Gasteiger partial charge in [-0.2, -0.15) is 0 Å². The van der Waals surface area contributed by atoms with Gasteiger partial charge in [0, 0.05) is 0 Å². The van der Waals surface area contributed by atoms with Gasteiger partial charge in [0.05, 0.1) is 16.8 Å². The van der Waals surface area contributed by atoms with Crippen LogP contribution in [0.5, 0.6) is 0 Å². The first-order valence-corrected chi connectivity index (χ1v) is 7.99. The van der Waals surface area contributed by atoms with Gasteiger partial charge in [0.15, 0.2) is 0 Å². The second-order valence-corrected chi connectivity index (χ2v) is 7.06. The molecule has 2 aromatic rings. The third-order valence-electron chi connectivity index (χ3n) is 4.89. The van der Waals surface area contributed by atoms with E-state index < -0.39 is 24.3 Å². The number of benzene rings is 2. The Balaban J connectivity index is 2.11. The van der Waals surface area contributed by atoms with Crippen LogP contribution >= 0.6 is 0 Å². The largest absolute Gasteiger partial charge is 0.495 e. The van der Waals surface area contributed by atoms with E-state index in [9.17, 15) is 9.90 Å². The van der Waals surface area contributed by atoms with Crippen LogP contribution in [-0.2, 0) is 9.31 Å². The predicted octanol–water partition coefficient (Wildman–Crippen LogP) is 3.35. The average Bonchev–Trinajstić information content (AvgIpc) is 2.75. The van der Waals surface area contributed by atoms with E-state index in [1.807, 2.05) is 64.1 Å². The lowest BCUT2D eigenvalue weighted by molar-refractivity contribution is 0.00578. The van der Waals surface area contributed by atoms with E-state index in [4.69, 9.17) is 9.31 Å². The molecule has 0 saturated carbocycles. The van der Waals surface area contributed by atoms with E-state index in [0.717, 1.165) is 16.6 Å². The zero-order valence-corrected chi connectivity index (χ0v) is 14.4. The summed E-state index contributed by atoms with van der Waals surface area (Å²) in [5.74, 6) is -0.965. The van der Waals surface area contributed by atoms with Crippen molar-refractivity contribution < 1.29 is 19.2 Å². The van der Waals surface area contributed by atoms with Gasteiger partial charge in [0.25, 0.3) is 0 Å². The highest BCUT2D eigenvalue weighted by Gasteiger charge is 2.52. The van der Waals surface area contributed by atoms with Gasteiger partial charge < -0.3 is 14.4 Å².